The number of likely N-dealkylation sites (N-methyl/N-ethyl adjacent to an activating group) is 1. The predicted molar refractivity (Wildman–Crippen MR) is 86.1 cm³/mol. The molecular formula is C17H22FNOS. The lowest BCUT2D eigenvalue weighted by Gasteiger charge is -2.25. The van der Waals surface area contributed by atoms with Crippen molar-refractivity contribution in [1.29, 1.82) is 0 Å². The molecule has 0 aliphatic carbocycles. The number of halogens is 1. The van der Waals surface area contributed by atoms with Gasteiger partial charge in [0, 0.05) is 17.5 Å². The van der Waals surface area contributed by atoms with E-state index in [2.05, 4.69) is 36.4 Å². The summed E-state index contributed by atoms with van der Waals surface area (Å²) < 4.78 is 13.1. The van der Waals surface area contributed by atoms with Crippen LogP contribution in [-0.2, 0) is 6.42 Å². The van der Waals surface area contributed by atoms with Gasteiger partial charge in [-0.25, -0.2) is 4.39 Å². The summed E-state index contributed by atoms with van der Waals surface area (Å²) >= 11 is 1.77. The fraction of sp³-hybridized carbons (Fsp3) is 0.412. The Labute approximate surface area is 129 Å². The zero-order valence-electron chi connectivity index (χ0n) is 12.5. The van der Waals surface area contributed by atoms with Crippen molar-refractivity contribution < 1.29 is 9.50 Å². The van der Waals surface area contributed by atoms with Crippen molar-refractivity contribution in [2.45, 2.75) is 31.9 Å². The summed E-state index contributed by atoms with van der Waals surface area (Å²) in [6.07, 6.45) is 1.01. The number of nitrogens with zero attached hydrogens (tertiary/aromatic N) is 1. The summed E-state index contributed by atoms with van der Waals surface area (Å²) in [7, 11) is 2.07. The van der Waals surface area contributed by atoms with Crippen molar-refractivity contribution in [3.8, 4) is 0 Å². The van der Waals surface area contributed by atoms with Gasteiger partial charge in [-0.3, -0.25) is 0 Å². The Morgan fingerprint density at radius 3 is 2.76 bits per heavy atom. The Hall–Kier alpha value is -1.23. The fourth-order valence-corrected chi connectivity index (χ4v) is 3.13. The van der Waals surface area contributed by atoms with E-state index in [-0.39, 0.29) is 5.82 Å². The van der Waals surface area contributed by atoms with Crippen molar-refractivity contribution in [1.82, 2.24) is 4.90 Å². The Morgan fingerprint density at radius 2 is 2.10 bits per heavy atom. The Morgan fingerprint density at radius 1 is 1.29 bits per heavy atom. The summed E-state index contributed by atoms with van der Waals surface area (Å²) in [6.45, 7) is 2.97. The Kier molecular flexibility index (Phi) is 5.91. The van der Waals surface area contributed by atoms with E-state index in [0.717, 1.165) is 13.0 Å². The molecule has 0 saturated heterocycles. The summed E-state index contributed by atoms with van der Waals surface area (Å²) in [4.78, 5) is 3.61. The topological polar surface area (TPSA) is 23.5 Å². The maximum Gasteiger partial charge on any atom is 0.123 e. The maximum absolute atomic E-state index is 13.1. The minimum Gasteiger partial charge on any atom is -0.388 e. The van der Waals surface area contributed by atoms with Crippen LogP contribution >= 0.6 is 11.3 Å². The van der Waals surface area contributed by atoms with Gasteiger partial charge >= 0.3 is 0 Å². The zero-order valence-corrected chi connectivity index (χ0v) is 13.3. The van der Waals surface area contributed by atoms with Crippen LogP contribution in [0.25, 0.3) is 0 Å². The van der Waals surface area contributed by atoms with E-state index in [1.165, 1.54) is 17.0 Å². The first-order chi connectivity index (χ1) is 10.1. The molecule has 0 amide bonds. The average molecular weight is 307 g/mol. The lowest BCUT2D eigenvalue weighted by molar-refractivity contribution is 0.138. The van der Waals surface area contributed by atoms with Crippen molar-refractivity contribution in [3.05, 3.63) is 58.0 Å². The highest BCUT2D eigenvalue weighted by Crippen LogP contribution is 2.19. The monoisotopic (exact) mass is 307 g/mol. The van der Waals surface area contributed by atoms with Crippen LogP contribution in [0.2, 0.25) is 0 Å². The van der Waals surface area contributed by atoms with Crippen molar-refractivity contribution in [2.24, 2.45) is 0 Å². The average Bonchev–Trinajstić information content (AvgIpc) is 2.97. The minimum atomic E-state index is -0.614. The summed E-state index contributed by atoms with van der Waals surface area (Å²) in [5, 5.41) is 12.2. The number of rotatable bonds is 7. The molecule has 2 nitrogen and oxygen atoms in total. The molecule has 2 aromatic rings. The van der Waals surface area contributed by atoms with Gasteiger partial charge in [0.25, 0.3) is 0 Å². The van der Waals surface area contributed by atoms with E-state index in [1.807, 2.05) is 0 Å². The second kappa shape index (κ2) is 7.69. The molecule has 4 heteroatoms. The van der Waals surface area contributed by atoms with Gasteiger partial charge in [0.2, 0.25) is 0 Å². The second-order valence-corrected chi connectivity index (χ2v) is 6.50. The van der Waals surface area contributed by atoms with Crippen LogP contribution in [-0.4, -0.2) is 29.6 Å². The van der Waals surface area contributed by atoms with Crippen LogP contribution in [0.4, 0.5) is 4.39 Å². The zero-order chi connectivity index (χ0) is 15.2. The van der Waals surface area contributed by atoms with E-state index in [9.17, 15) is 9.50 Å². The third kappa shape index (κ3) is 4.92. The van der Waals surface area contributed by atoms with E-state index in [4.69, 9.17) is 0 Å². The molecule has 1 N–H and O–H groups in total. The molecule has 0 saturated carbocycles. The molecule has 1 aromatic carbocycles. The van der Waals surface area contributed by atoms with Crippen molar-refractivity contribution in [3.63, 3.8) is 0 Å². The van der Waals surface area contributed by atoms with Crippen molar-refractivity contribution in [2.75, 3.05) is 13.6 Å². The normalized spacial score (nSPS) is 14.3. The SMILES string of the molecule is CC(Cc1cccs1)N(C)CCC(O)c1cccc(F)c1. The highest BCUT2D eigenvalue weighted by molar-refractivity contribution is 7.09. The largest absolute Gasteiger partial charge is 0.388 e. The smallest absolute Gasteiger partial charge is 0.123 e. The van der Waals surface area contributed by atoms with E-state index < -0.39 is 6.10 Å². The van der Waals surface area contributed by atoms with Gasteiger partial charge < -0.3 is 10.0 Å². The third-order valence-corrected chi connectivity index (χ3v) is 4.72. The number of benzene rings is 1. The minimum absolute atomic E-state index is 0.300. The highest BCUT2D eigenvalue weighted by Gasteiger charge is 2.14. The van der Waals surface area contributed by atoms with Crippen molar-refractivity contribution >= 4 is 11.3 Å². The summed E-state index contributed by atoms with van der Waals surface area (Å²) in [5.41, 5.74) is 0.648. The third-order valence-electron chi connectivity index (χ3n) is 3.82. The molecule has 21 heavy (non-hydrogen) atoms. The number of thiophene rings is 1. The molecule has 0 aliphatic rings. The van der Waals surface area contributed by atoms with Gasteiger partial charge in [0.05, 0.1) is 6.10 Å². The quantitative estimate of drug-likeness (QED) is 0.839. The van der Waals surface area contributed by atoms with E-state index in [1.54, 1.807) is 23.5 Å². The van der Waals surface area contributed by atoms with E-state index in [0.29, 0.717) is 18.0 Å². The van der Waals surface area contributed by atoms with Crippen LogP contribution in [0, 0.1) is 5.82 Å². The predicted octanol–water partition coefficient (Wildman–Crippen LogP) is 3.87. The fourth-order valence-electron chi connectivity index (χ4n) is 2.30. The molecule has 1 aromatic heterocycles. The molecule has 1 heterocycles. The lowest BCUT2D eigenvalue weighted by Crippen LogP contribution is -2.32. The number of aliphatic hydroxyl groups is 1. The van der Waals surface area contributed by atoms with Crippen LogP contribution in [0.3, 0.4) is 0 Å². The summed E-state index contributed by atoms with van der Waals surface area (Å²) in [6, 6.07) is 10.8. The Balaban J connectivity index is 1.81. The lowest BCUT2D eigenvalue weighted by atomic mass is 10.1. The van der Waals surface area contributed by atoms with Crippen LogP contribution in [0.15, 0.2) is 41.8 Å². The molecule has 0 aliphatic heterocycles. The van der Waals surface area contributed by atoms with E-state index >= 15 is 0 Å². The molecule has 2 atom stereocenters. The van der Waals surface area contributed by atoms with Gasteiger partial charge in [0.1, 0.15) is 5.82 Å². The van der Waals surface area contributed by atoms with Crippen LogP contribution < -0.4 is 0 Å². The standard InChI is InChI=1S/C17H22FNOS/c1-13(11-16-7-4-10-21-16)19(2)9-8-17(20)14-5-3-6-15(18)12-14/h3-7,10,12-13,17,20H,8-9,11H2,1-2H3. The molecule has 0 fully saturated rings. The highest BCUT2D eigenvalue weighted by atomic mass is 32.1. The van der Waals surface area contributed by atoms with Gasteiger partial charge in [-0.15, -0.1) is 11.3 Å². The van der Waals surface area contributed by atoms with Gasteiger partial charge in [-0.05, 0) is 56.0 Å². The molecule has 114 valence electrons. The molecule has 0 bridgehead atoms. The molecule has 2 rings (SSSR count). The molecule has 0 radical (unpaired) electrons. The maximum atomic E-state index is 13.1. The number of hydrogen-bond acceptors (Lipinski definition) is 3. The van der Waals surface area contributed by atoms with Gasteiger partial charge in [-0.2, -0.15) is 0 Å². The van der Waals surface area contributed by atoms with Gasteiger partial charge in [0.15, 0.2) is 0 Å². The molecular weight excluding hydrogens is 285 g/mol. The first kappa shape index (κ1) is 16.1. The first-order valence-electron chi connectivity index (χ1n) is 7.22. The van der Waals surface area contributed by atoms with Crippen LogP contribution in [0.1, 0.15) is 29.9 Å². The number of hydrogen-bond donors (Lipinski definition) is 1. The van der Waals surface area contributed by atoms with Crippen LogP contribution in [0.5, 0.6) is 0 Å². The first-order valence-corrected chi connectivity index (χ1v) is 8.10. The van der Waals surface area contributed by atoms with Gasteiger partial charge in [-0.1, -0.05) is 18.2 Å². The summed E-state index contributed by atoms with van der Waals surface area (Å²) in [5.74, 6) is -0.300. The molecule has 0 spiro atoms. The number of aliphatic hydroxyl groups excluding tert-OH is 1. The second-order valence-electron chi connectivity index (χ2n) is 5.47. The molecule has 2 unspecified atom stereocenters. The Bertz CT molecular complexity index is 543.